The van der Waals surface area contributed by atoms with E-state index in [2.05, 4.69) is 24.4 Å². The Labute approximate surface area is 203 Å². The summed E-state index contributed by atoms with van der Waals surface area (Å²) in [6.07, 6.45) is 0.314. The zero-order valence-corrected chi connectivity index (χ0v) is 19.9. The van der Waals surface area contributed by atoms with Gasteiger partial charge in [-0.1, -0.05) is 60.1 Å². The Morgan fingerprint density at radius 3 is 2.42 bits per heavy atom. The van der Waals surface area contributed by atoms with Gasteiger partial charge in [-0.15, -0.1) is 0 Å². The molecule has 0 spiro atoms. The van der Waals surface area contributed by atoms with Gasteiger partial charge in [-0.25, -0.2) is 0 Å². The molecular formula is C28H25ClNO2S+. The zero-order valence-electron chi connectivity index (χ0n) is 18.3. The molecule has 4 rings (SSSR count). The van der Waals surface area contributed by atoms with Crippen molar-refractivity contribution in [2.45, 2.75) is 18.2 Å². The molecule has 0 unspecified atom stereocenters. The molecule has 0 aliphatic carbocycles. The molecule has 0 bridgehead atoms. The van der Waals surface area contributed by atoms with Crippen LogP contribution in [-0.2, 0) is 23.0 Å². The van der Waals surface area contributed by atoms with Crippen molar-refractivity contribution in [2.75, 3.05) is 11.1 Å². The second kappa shape index (κ2) is 11.1. The van der Waals surface area contributed by atoms with Crippen LogP contribution in [0.15, 0.2) is 102 Å². The van der Waals surface area contributed by atoms with Crippen LogP contribution in [0.1, 0.15) is 12.5 Å². The number of benzene rings is 4. The molecule has 33 heavy (non-hydrogen) atoms. The van der Waals surface area contributed by atoms with Gasteiger partial charge in [0, 0.05) is 34.1 Å². The first-order chi connectivity index (χ1) is 16.1. The molecular weight excluding hydrogens is 450 g/mol. The van der Waals surface area contributed by atoms with Gasteiger partial charge in [0.05, 0.1) is 6.42 Å². The number of ether oxygens (including phenoxy) is 1. The number of nitrogens with one attached hydrogen (secondary N) is 1. The van der Waals surface area contributed by atoms with E-state index in [4.69, 9.17) is 16.3 Å². The highest BCUT2D eigenvalue weighted by Gasteiger charge is 2.12. The fourth-order valence-electron chi connectivity index (χ4n) is 3.49. The summed E-state index contributed by atoms with van der Waals surface area (Å²) < 4.78 is 6.18. The van der Waals surface area contributed by atoms with Gasteiger partial charge in [-0.05, 0) is 60.5 Å². The van der Waals surface area contributed by atoms with Gasteiger partial charge in [-0.2, -0.15) is 0 Å². The quantitative estimate of drug-likeness (QED) is 0.217. The number of carbonyl (C=O) groups excluding carboxylic acids is 1. The molecule has 4 aromatic rings. The minimum absolute atomic E-state index is 0.0723. The van der Waals surface area contributed by atoms with Crippen LogP contribution in [0.2, 0.25) is 5.02 Å². The number of hydrogen-bond donors (Lipinski definition) is 1. The van der Waals surface area contributed by atoms with Crippen LogP contribution in [0.5, 0.6) is 11.5 Å². The summed E-state index contributed by atoms with van der Waals surface area (Å²) in [7, 11) is 0. The van der Waals surface area contributed by atoms with Gasteiger partial charge in [-0.3, -0.25) is 4.79 Å². The molecule has 1 N–H and O–H groups in total. The highest BCUT2D eigenvalue weighted by Crippen LogP contribution is 2.36. The van der Waals surface area contributed by atoms with Crippen molar-refractivity contribution in [3.63, 3.8) is 0 Å². The van der Waals surface area contributed by atoms with E-state index in [9.17, 15) is 4.79 Å². The van der Waals surface area contributed by atoms with E-state index in [1.165, 1.54) is 16.7 Å². The topological polar surface area (TPSA) is 38.3 Å². The number of halogens is 1. The smallest absolute Gasteiger partial charge is 0.228 e. The normalized spacial score (nSPS) is 10.6. The van der Waals surface area contributed by atoms with E-state index in [-0.39, 0.29) is 5.91 Å². The van der Waals surface area contributed by atoms with E-state index in [1.807, 2.05) is 72.8 Å². The molecule has 3 nitrogen and oxygen atoms in total. The number of rotatable bonds is 8. The van der Waals surface area contributed by atoms with Crippen LogP contribution < -0.4 is 10.1 Å². The Balaban J connectivity index is 1.55. The molecule has 0 saturated heterocycles. The van der Waals surface area contributed by atoms with Crippen molar-refractivity contribution in [1.82, 2.24) is 0 Å². The lowest BCUT2D eigenvalue weighted by molar-refractivity contribution is -0.115. The van der Waals surface area contributed by atoms with Crippen LogP contribution >= 0.6 is 11.6 Å². The molecule has 0 atom stereocenters. The third-order valence-corrected chi connectivity index (χ3v) is 6.23. The minimum Gasteiger partial charge on any atom is -0.457 e. The first-order valence-electron chi connectivity index (χ1n) is 10.8. The number of thiol groups is 1. The highest BCUT2D eigenvalue weighted by molar-refractivity contribution is 7.78. The Kier molecular flexibility index (Phi) is 7.71. The van der Waals surface area contributed by atoms with Crippen LogP contribution in [-0.4, -0.2) is 11.7 Å². The van der Waals surface area contributed by atoms with Gasteiger partial charge in [0.2, 0.25) is 5.91 Å². The lowest BCUT2D eigenvalue weighted by atomic mass is 10.0. The molecule has 0 saturated carbocycles. The van der Waals surface area contributed by atoms with Crippen LogP contribution in [0, 0.1) is 0 Å². The first kappa shape index (κ1) is 23.0. The molecule has 4 aromatic carbocycles. The predicted molar refractivity (Wildman–Crippen MR) is 140 cm³/mol. The van der Waals surface area contributed by atoms with E-state index in [1.54, 1.807) is 12.1 Å². The number of anilines is 1. The van der Waals surface area contributed by atoms with Crippen LogP contribution in [0.4, 0.5) is 5.69 Å². The van der Waals surface area contributed by atoms with Crippen LogP contribution in [0.25, 0.3) is 11.1 Å². The van der Waals surface area contributed by atoms with Gasteiger partial charge in [0.25, 0.3) is 0 Å². The molecule has 0 aliphatic heterocycles. The molecule has 0 aliphatic rings. The van der Waals surface area contributed by atoms with Crippen molar-refractivity contribution >= 4 is 35.0 Å². The largest absolute Gasteiger partial charge is 0.457 e. The summed E-state index contributed by atoms with van der Waals surface area (Å²) in [5.41, 5.74) is 3.62. The van der Waals surface area contributed by atoms with Gasteiger partial charge in [0.1, 0.15) is 17.3 Å². The SMILES string of the molecule is CC[SH+]c1ccc(CC(=O)Nc2ccc(-c3ccccc3)c(Oc3cccc(Cl)c3)c2)cc1. The molecule has 1 amide bonds. The van der Waals surface area contributed by atoms with E-state index in [0.29, 0.717) is 28.6 Å². The van der Waals surface area contributed by atoms with Crippen molar-refractivity contribution in [2.24, 2.45) is 0 Å². The Hall–Kier alpha value is -3.21. The average molecular weight is 475 g/mol. The number of hydrogen-bond acceptors (Lipinski definition) is 2. The van der Waals surface area contributed by atoms with Crippen molar-refractivity contribution in [3.05, 3.63) is 108 Å². The summed E-state index contributed by atoms with van der Waals surface area (Å²) in [5, 5.41) is 3.60. The number of amides is 1. The van der Waals surface area contributed by atoms with E-state index >= 15 is 0 Å². The Morgan fingerprint density at radius 1 is 0.909 bits per heavy atom. The highest BCUT2D eigenvalue weighted by atomic mass is 35.5. The van der Waals surface area contributed by atoms with E-state index < -0.39 is 0 Å². The Bertz CT molecular complexity index is 1230. The van der Waals surface area contributed by atoms with Crippen molar-refractivity contribution < 1.29 is 9.53 Å². The van der Waals surface area contributed by atoms with Gasteiger partial charge >= 0.3 is 0 Å². The summed E-state index contributed by atoms with van der Waals surface area (Å²) in [6.45, 7) is 2.15. The third kappa shape index (κ3) is 6.41. The maximum atomic E-state index is 12.7. The van der Waals surface area contributed by atoms with Gasteiger partial charge in [0.15, 0.2) is 4.90 Å². The maximum Gasteiger partial charge on any atom is 0.228 e. The average Bonchev–Trinajstić information content (AvgIpc) is 2.81. The maximum absolute atomic E-state index is 12.7. The summed E-state index contributed by atoms with van der Waals surface area (Å²) in [6, 6.07) is 31.2. The predicted octanol–water partition coefficient (Wildman–Crippen LogP) is 7.17. The molecule has 0 aromatic heterocycles. The molecule has 0 radical (unpaired) electrons. The molecule has 0 fully saturated rings. The summed E-state index contributed by atoms with van der Waals surface area (Å²) >= 11 is 7.43. The minimum atomic E-state index is -0.0723. The lowest BCUT2D eigenvalue weighted by Crippen LogP contribution is -2.14. The lowest BCUT2D eigenvalue weighted by Gasteiger charge is -2.14. The second-order valence-corrected chi connectivity index (χ2v) is 9.40. The summed E-state index contributed by atoms with van der Waals surface area (Å²) in [5.74, 6) is 2.29. The fraction of sp³-hybridized carbons (Fsp3) is 0.107. The fourth-order valence-corrected chi connectivity index (χ4v) is 4.40. The monoisotopic (exact) mass is 474 g/mol. The van der Waals surface area contributed by atoms with E-state index in [0.717, 1.165) is 22.4 Å². The number of carbonyl (C=O) groups is 1. The first-order valence-corrected chi connectivity index (χ1v) is 12.3. The molecule has 166 valence electrons. The third-order valence-electron chi connectivity index (χ3n) is 5.02. The molecule has 0 heterocycles. The van der Waals surface area contributed by atoms with Crippen molar-refractivity contribution in [3.8, 4) is 22.6 Å². The standard InChI is InChI=1S/C28H24ClNO2S/c1-2-33-25-14-11-20(12-15-25)17-28(31)30-23-13-16-26(21-7-4-3-5-8-21)27(19-23)32-24-10-6-9-22(29)18-24/h3-16,18-19H,2,17H2,1H3,(H,30,31)/p+1. The van der Waals surface area contributed by atoms with Crippen LogP contribution in [0.3, 0.4) is 0 Å². The van der Waals surface area contributed by atoms with Crippen molar-refractivity contribution in [1.29, 1.82) is 0 Å². The summed E-state index contributed by atoms with van der Waals surface area (Å²) in [4.78, 5) is 14.0. The second-order valence-electron chi connectivity index (χ2n) is 7.50. The Morgan fingerprint density at radius 2 is 1.70 bits per heavy atom. The molecule has 5 heteroatoms. The zero-order chi connectivity index (χ0) is 23.0. The van der Waals surface area contributed by atoms with Gasteiger partial charge < -0.3 is 10.1 Å².